The van der Waals surface area contributed by atoms with Gasteiger partial charge in [-0.15, -0.1) is 0 Å². The van der Waals surface area contributed by atoms with Crippen molar-refractivity contribution in [2.24, 2.45) is 17.6 Å². The number of hydrogen-bond acceptors (Lipinski definition) is 2. The quantitative estimate of drug-likeness (QED) is 0.823. The molecule has 0 saturated carbocycles. The van der Waals surface area contributed by atoms with Gasteiger partial charge in [-0.3, -0.25) is 4.79 Å². The number of amides is 1. The molecule has 1 amide bonds. The first-order valence-corrected chi connectivity index (χ1v) is 6.31. The fourth-order valence-electron chi connectivity index (χ4n) is 2.61. The van der Waals surface area contributed by atoms with Gasteiger partial charge in [0.05, 0.1) is 0 Å². The zero-order chi connectivity index (χ0) is 12.1. The molecule has 1 fully saturated rings. The number of nitrogens with one attached hydrogen (secondary N) is 1. The molecule has 1 heterocycles. The number of hydrogen-bond donors (Lipinski definition) is 2. The Morgan fingerprint density at radius 1 is 1.29 bits per heavy atom. The predicted octanol–water partition coefficient (Wildman–Crippen LogP) is 1.33. The molecule has 0 bridgehead atoms. The highest BCUT2D eigenvalue weighted by Gasteiger charge is 2.27. The minimum Gasteiger partial charge on any atom is -0.369 e. The van der Waals surface area contributed by atoms with E-state index in [1.807, 2.05) is 18.2 Å². The molecule has 1 aliphatic rings. The molecule has 0 aromatic heterocycles. The summed E-state index contributed by atoms with van der Waals surface area (Å²) < 4.78 is 0. The molecular weight excluding hydrogens is 212 g/mol. The third kappa shape index (κ3) is 3.30. The lowest BCUT2D eigenvalue weighted by molar-refractivity contribution is -0.123. The van der Waals surface area contributed by atoms with Crippen LogP contribution in [0.15, 0.2) is 30.3 Å². The van der Waals surface area contributed by atoms with Crippen LogP contribution in [-0.2, 0) is 11.2 Å². The van der Waals surface area contributed by atoms with Crippen molar-refractivity contribution in [3.63, 3.8) is 0 Å². The van der Waals surface area contributed by atoms with E-state index >= 15 is 0 Å². The van der Waals surface area contributed by atoms with Crippen molar-refractivity contribution < 1.29 is 4.79 Å². The largest absolute Gasteiger partial charge is 0.369 e. The smallest absolute Gasteiger partial charge is 0.221 e. The highest BCUT2D eigenvalue weighted by molar-refractivity contribution is 5.77. The number of piperidine rings is 1. The Bertz CT molecular complexity index is 358. The Morgan fingerprint density at radius 3 is 2.53 bits per heavy atom. The highest BCUT2D eigenvalue weighted by Crippen LogP contribution is 2.25. The van der Waals surface area contributed by atoms with Crippen LogP contribution < -0.4 is 11.1 Å². The number of benzene rings is 1. The van der Waals surface area contributed by atoms with E-state index in [2.05, 4.69) is 17.4 Å². The fourth-order valence-corrected chi connectivity index (χ4v) is 2.61. The van der Waals surface area contributed by atoms with E-state index in [-0.39, 0.29) is 11.8 Å². The van der Waals surface area contributed by atoms with E-state index < -0.39 is 0 Å². The summed E-state index contributed by atoms with van der Waals surface area (Å²) in [5, 5.41) is 3.32. The van der Waals surface area contributed by atoms with Gasteiger partial charge in [-0.2, -0.15) is 0 Å². The van der Waals surface area contributed by atoms with Gasteiger partial charge in [-0.25, -0.2) is 0 Å². The molecule has 0 aliphatic carbocycles. The lowest BCUT2D eigenvalue weighted by atomic mass is 9.81. The van der Waals surface area contributed by atoms with E-state index in [1.165, 1.54) is 5.56 Å². The van der Waals surface area contributed by atoms with Gasteiger partial charge in [0.1, 0.15) is 0 Å². The first kappa shape index (κ1) is 12.1. The predicted molar refractivity (Wildman–Crippen MR) is 68.4 cm³/mol. The summed E-state index contributed by atoms with van der Waals surface area (Å²) in [5.74, 6) is 0.272. The van der Waals surface area contributed by atoms with Crippen molar-refractivity contribution in [1.82, 2.24) is 5.32 Å². The Balaban J connectivity index is 2.04. The van der Waals surface area contributed by atoms with Crippen LogP contribution in [0.3, 0.4) is 0 Å². The molecule has 1 aromatic rings. The summed E-state index contributed by atoms with van der Waals surface area (Å²) >= 11 is 0. The molecule has 0 spiro atoms. The second-order valence-corrected chi connectivity index (χ2v) is 4.79. The van der Waals surface area contributed by atoms with Gasteiger partial charge in [-0.05, 0) is 43.8 Å². The Labute approximate surface area is 102 Å². The number of primary amides is 1. The van der Waals surface area contributed by atoms with Crippen LogP contribution in [0.2, 0.25) is 0 Å². The summed E-state index contributed by atoms with van der Waals surface area (Å²) in [6, 6.07) is 10.1. The third-order valence-electron chi connectivity index (χ3n) is 3.62. The molecular formula is C14H20N2O. The molecule has 1 saturated heterocycles. The number of carbonyl (C=O) groups is 1. The van der Waals surface area contributed by atoms with Crippen LogP contribution in [0, 0.1) is 11.8 Å². The van der Waals surface area contributed by atoms with Crippen LogP contribution in [0.25, 0.3) is 0 Å². The van der Waals surface area contributed by atoms with Gasteiger partial charge in [-0.1, -0.05) is 30.3 Å². The summed E-state index contributed by atoms with van der Waals surface area (Å²) in [7, 11) is 0. The topological polar surface area (TPSA) is 55.1 Å². The molecule has 1 aliphatic heterocycles. The molecule has 1 unspecified atom stereocenters. The first-order valence-electron chi connectivity index (χ1n) is 6.31. The zero-order valence-electron chi connectivity index (χ0n) is 10.1. The van der Waals surface area contributed by atoms with Gasteiger partial charge in [0.2, 0.25) is 5.91 Å². The van der Waals surface area contributed by atoms with Crippen LogP contribution >= 0.6 is 0 Å². The summed E-state index contributed by atoms with van der Waals surface area (Å²) in [6.07, 6.45) is 2.89. The van der Waals surface area contributed by atoms with E-state index in [4.69, 9.17) is 5.73 Å². The number of rotatable bonds is 4. The Morgan fingerprint density at radius 2 is 1.94 bits per heavy atom. The SMILES string of the molecule is NC(=O)C(Cc1ccccc1)C1CCNCC1. The normalized spacial score (nSPS) is 18.8. The molecule has 3 N–H and O–H groups in total. The number of nitrogens with two attached hydrogens (primary N) is 1. The lowest BCUT2D eigenvalue weighted by Crippen LogP contribution is -2.38. The monoisotopic (exact) mass is 232 g/mol. The fraction of sp³-hybridized carbons (Fsp3) is 0.500. The van der Waals surface area contributed by atoms with Crippen molar-refractivity contribution >= 4 is 5.91 Å². The third-order valence-corrected chi connectivity index (χ3v) is 3.62. The van der Waals surface area contributed by atoms with Crippen molar-refractivity contribution in [1.29, 1.82) is 0 Å². The minimum atomic E-state index is -0.152. The maximum Gasteiger partial charge on any atom is 0.221 e. The van der Waals surface area contributed by atoms with Gasteiger partial charge in [0.15, 0.2) is 0 Å². The van der Waals surface area contributed by atoms with E-state index in [0.717, 1.165) is 32.4 Å². The minimum absolute atomic E-state index is 0.0144. The van der Waals surface area contributed by atoms with E-state index in [9.17, 15) is 4.79 Å². The van der Waals surface area contributed by atoms with Gasteiger partial charge in [0, 0.05) is 5.92 Å². The zero-order valence-corrected chi connectivity index (χ0v) is 10.1. The molecule has 1 atom stereocenters. The molecule has 2 rings (SSSR count). The summed E-state index contributed by atoms with van der Waals surface area (Å²) in [4.78, 5) is 11.6. The second kappa shape index (κ2) is 5.82. The van der Waals surface area contributed by atoms with Crippen LogP contribution in [-0.4, -0.2) is 19.0 Å². The average molecular weight is 232 g/mol. The average Bonchev–Trinajstić information content (AvgIpc) is 2.38. The molecule has 0 radical (unpaired) electrons. The van der Waals surface area contributed by atoms with Crippen LogP contribution in [0.1, 0.15) is 18.4 Å². The van der Waals surface area contributed by atoms with Gasteiger partial charge in [0.25, 0.3) is 0 Å². The number of carbonyl (C=O) groups excluding carboxylic acids is 1. The van der Waals surface area contributed by atoms with Crippen LogP contribution in [0.4, 0.5) is 0 Å². The standard InChI is InChI=1S/C14H20N2O/c15-14(17)13(12-6-8-16-9-7-12)10-11-4-2-1-3-5-11/h1-5,12-13,16H,6-10H2,(H2,15,17). The first-order chi connectivity index (χ1) is 8.27. The Hall–Kier alpha value is -1.35. The van der Waals surface area contributed by atoms with Gasteiger partial charge < -0.3 is 11.1 Å². The molecule has 1 aromatic carbocycles. The van der Waals surface area contributed by atoms with Crippen molar-refractivity contribution in [2.45, 2.75) is 19.3 Å². The molecule has 17 heavy (non-hydrogen) atoms. The molecule has 3 nitrogen and oxygen atoms in total. The molecule has 3 heteroatoms. The maximum atomic E-state index is 11.6. The van der Waals surface area contributed by atoms with Crippen molar-refractivity contribution in [3.8, 4) is 0 Å². The second-order valence-electron chi connectivity index (χ2n) is 4.79. The lowest BCUT2D eigenvalue weighted by Gasteiger charge is -2.28. The van der Waals surface area contributed by atoms with Crippen molar-refractivity contribution in [3.05, 3.63) is 35.9 Å². The maximum absolute atomic E-state index is 11.6. The van der Waals surface area contributed by atoms with Gasteiger partial charge >= 0.3 is 0 Å². The van der Waals surface area contributed by atoms with E-state index in [0.29, 0.717) is 5.92 Å². The van der Waals surface area contributed by atoms with Crippen LogP contribution in [0.5, 0.6) is 0 Å². The summed E-state index contributed by atoms with van der Waals surface area (Å²) in [5.41, 5.74) is 6.76. The van der Waals surface area contributed by atoms with E-state index in [1.54, 1.807) is 0 Å². The van der Waals surface area contributed by atoms with Crippen molar-refractivity contribution in [2.75, 3.05) is 13.1 Å². The highest BCUT2D eigenvalue weighted by atomic mass is 16.1. The summed E-state index contributed by atoms with van der Waals surface area (Å²) in [6.45, 7) is 2.01. The molecule has 92 valence electrons. The Kier molecular flexibility index (Phi) is 4.15.